The van der Waals surface area contributed by atoms with E-state index in [1.807, 2.05) is 4.90 Å². The maximum absolute atomic E-state index is 12.8. The Morgan fingerprint density at radius 1 is 1.00 bits per heavy atom. The third kappa shape index (κ3) is 5.31. The van der Waals surface area contributed by atoms with E-state index in [0.717, 1.165) is 0 Å². The smallest absolute Gasteiger partial charge is 0.360 e. The number of rotatable bonds is 5. The molecule has 1 aromatic rings. The van der Waals surface area contributed by atoms with E-state index < -0.39 is 22.7 Å². The van der Waals surface area contributed by atoms with Gasteiger partial charge >= 0.3 is 6.18 Å². The maximum Gasteiger partial charge on any atom is 0.401 e. The molecule has 1 amide bonds. The number of amides is 1. The second-order valence-electron chi connectivity index (χ2n) is 7.61. The quantitative estimate of drug-likeness (QED) is 0.634. The Bertz CT molecular complexity index is 838. The van der Waals surface area contributed by atoms with Crippen LogP contribution < -0.4 is 0 Å². The van der Waals surface area contributed by atoms with Gasteiger partial charge in [-0.25, -0.2) is 8.42 Å². The number of sulfonamides is 1. The number of alkyl halides is 3. The number of piperazine rings is 2. The van der Waals surface area contributed by atoms with Crippen molar-refractivity contribution in [3.8, 4) is 0 Å². The van der Waals surface area contributed by atoms with E-state index in [-0.39, 0.29) is 62.4 Å². The molecule has 0 saturated carbocycles. The first-order chi connectivity index (χ1) is 14.0. The Labute approximate surface area is 173 Å². The number of carbonyl (C=O) groups excluding carboxylic acids is 1. The van der Waals surface area contributed by atoms with Crippen molar-refractivity contribution in [3.05, 3.63) is 11.5 Å². The Morgan fingerprint density at radius 3 is 2.07 bits per heavy atom. The SMILES string of the molecule is Cc1noc(C)c1S(=O)(=O)N1CCN(C(=O)CN2CCN(CC(F)(F)F)CC2)CC1. The number of aryl methyl sites for hydroxylation is 2. The summed E-state index contributed by atoms with van der Waals surface area (Å²) in [5.74, 6) is 0.0873. The van der Waals surface area contributed by atoms with Crippen LogP contribution in [-0.4, -0.2) is 110 Å². The van der Waals surface area contributed by atoms with Gasteiger partial charge in [0.1, 0.15) is 10.6 Å². The minimum Gasteiger partial charge on any atom is -0.360 e. The minimum atomic E-state index is -4.22. The summed E-state index contributed by atoms with van der Waals surface area (Å²) in [7, 11) is -3.75. The van der Waals surface area contributed by atoms with Gasteiger partial charge in [-0.05, 0) is 13.8 Å². The van der Waals surface area contributed by atoms with Crippen molar-refractivity contribution >= 4 is 15.9 Å². The minimum absolute atomic E-state index is 0.0685. The molecule has 0 atom stereocenters. The second-order valence-corrected chi connectivity index (χ2v) is 9.48. The van der Waals surface area contributed by atoms with Gasteiger partial charge in [0, 0.05) is 52.4 Å². The molecule has 0 bridgehead atoms. The van der Waals surface area contributed by atoms with Gasteiger partial charge in [0.05, 0.1) is 13.1 Å². The summed E-state index contributed by atoms with van der Waals surface area (Å²) in [5, 5.41) is 3.69. The third-order valence-corrected chi connectivity index (χ3v) is 7.53. The number of carbonyl (C=O) groups is 1. The number of nitrogens with zero attached hydrogens (tertiary/aromatic N) is 5. The van der Waals surface area contributed by atoms with Crippen molar-refractivity contribution in [2.75, 3.05) is 65.4 Å². The fraction of sp³-hybridized carbons (Fsp3) is 0.765. The highest BCUT2D eigenvalue weighted by molar-refractivity contribution is 7.89. The van der Waals surface area contributed by atoms with Crippen LogP contribution in [0.25, 0.3) is 0 Å². The van der Waals surface area contributed by atoms with Gasteiger partial charge in [0.25, 0.3) is 0 Å². The van der Waals surface area contributed by atoms with E-state index in [4.69, 9.17) is 4.52 Å². The molecule has 0 unspecified atom stereocenters. The number of halogens is 3. The topological polar surface area (TPSA) is 90.2 Å². The van der Waals surface area contributed by atoms with Crippen molar-refractivity contribution in [1.29, 1.82) is 0 Å². The Kier molecular flexibility index (Phi) is 6.75. The van der Waals surface area contributed by atoms with E-state index in [1.54, 1.807) is 18.7 Å². The Hall–Kier alpha value is -1.70. The summed E-state index contributed by atoms with van der Waals surface area (Å²) in [4.78, 5) is 17.4. The van der Waals surface area contributed by atoms with Gasteiger partial charge in [-0.2, -0.15) is 17.5 Å². The van der Waals surface area contributed by atoms with Crippen molar-refractivity contribution in [1.82, 2.24) is 24.2 Å². The van der Waals surface area contributed by atoms with Crippen LogP contribution in [0.4, 0.5) is 13.2 Å². The summed E-state index contributed by atoms with van der Waals surface area (Å²) >= 11 is 0. The van der Waals surface area contributed by atoms with Gasteiger partial charge in [-0.15, -0.1) is 0 Å². The van der Waals surface area contributed by atoms with Crippen LogP contribution in [0.1, 0.15) is 11.5 Å². The van der Waals surface area contributed by atoms with E-state index >= 15 is 0 Å². The highest BCUT2D eigenvalue weighted by Crippen LogP contribution is 2.24. The van der Waals surface area contributed by atoms with Crippen LogP contribution in [0, 0.1) is 13.8 Å². The molecule has 0 radical (unpaired) electrons. The molecule has 2 aliphatic rings. The molecule has 30 heavy (non-hydrogen) atoms. The molecule has 3 rings (SSSR count). The lowest BCUT2D eigenvalue weighted by Crippen LogP contribution is -2.55. The van der Waals surface area contributed by atoms with Gasteiger partial charge in [0.15, 0.2) is 5.76 Å². The van der Waals surface area contributed by atoms with Crippen LogP contribution in [0.2, 0.25) is 0 Å². The Balaban J connectivity index is 1.48. The van der Waals surface area contributed by atoms with E-state index in [0.29, 0.717) is 18.8 Å². The predicted octanol–water partition coefficient (Wildman–Crippen LogP) is 0.304. The highest BCUT2D eigenvalue weighted by atomic mass is 32.2. The van der Waals surface area contributed by atoms with Crippen LogP contribution in [0.3, 0.4) is 0 Å². The molecule has 3 heterocycles. The summed E-state index contributed by atoms with van der Waals surface area (Å²) in [6, 6.07) is 0. The van der Waals surface area contributed by atoms with Crippen LogP contribution in [0.15, 0.2) is 9.42 Å². The first-order valence-corrected chi connectivity index (χ1v) is 11.1. The standard InChI is InChI=1S/C17H26F3N5O4S/c1-13-16(14(2)29-21-13)30(27,28)25-9-7-24(8-10-25)15(26)11-22-3-5-23(6-4-22)12-17(18,19)20/h3-12H2,1-2H3. The van der Waals surface area contributed by atoms with Crippen molar-refractivity contribution < 1.29 is 30.9 Å². The monoisotopic (exact) mass is 453 g/mol. The summed E-state index contributed by atoms with van der Waals surface area (Å²) in [6.07, 6.45) is -4.22. The Morgan fingerprint density at radius 2 is 1.57 bits per heavy atom. The first kappa shape index (κ1) is 23.0. The molecular formula is C17H26F3N5O4S. The average Bonchev–Trinajstić information content (AvgIpc) is 3.01. The lowest BCUT2D eigenvalue weighted by Gasteiger charge is -2.37. The van der Waals surface area contributed by atoms with Crippen molar-refractivity contribution in [3.63, 3.8) is 0 Å². The molecule has 0 N–H and O–H groups in total. The van der Waals surface area contributed by atoms with E-state index in [1.165, 1.54) is 9.21 Å². The van der Waals surface area contributed by atoms with Crippen LogP contribution >= 0.6 is 0 Å². The predicted molar refractivity (Wildman–Crippen MR) is 100 cm³/mol. The first-order valence-electron chi connectivity index (χ1n) is 9.69. The van der Waals surface area contributed by atoms with Crippen LogP contribution in [-0.2, 0) is 14.8 Å². The fourth-order valence-corrected chi connectivity index (χ4v) is 5.51. The molecule has 9 nitrogen and oxygen atoms in total. The molecule has 0 spiro atoms. The molecule has 2 aliphatic heterocycles. The molecule has 0 aliphatic carbocycles. The lowest BCUT2D eigenvalue weighted by molar-refractivity contribution is -0.150. The molecule has 1 aromatic heterocycles. The van der Waals surface area contributed by atoms with Gasteiger partial charge < -0.3 is 9.42 Å². The van der Waals surface area contributed by atoms with Gasteiger partial charge in [0.2, 0.25) is 15.9 Å². The van der Waals surface area contributed by atoms with Crippen molar-refractivity contribution in [2.24, 2.45) is 0 Å². The largest absolute Gasteiger partial charge is 0.401 e. The van der Waals surface area contributed by atoms with Crippen LogP contribution in [0.5, 0.6) is 0 Å². The molecule has 170 valence electrons. The fourth-order valence-electron chi connectivity index (χ4n) is 3.80. The second kappa shape index (κ2) is 8.81. The zero-order valence-corrected chi connectivity index (χ0v) is 17.8. The third-order valence-electron chi connectivity index (χ3n) is 5.38. The molecule has 2 fully saturated rings. The maximum atomic E-state index is 12.8. The number of hydrogen-bond donors (Lipinski definition) is 0. The molecule has 0 aromatic carbocycles. The van der Waals surface area contributed by atoms with E-state index in [2.05, 4.69) is 5.16 Å². The zero-order valence-electron chi connectivity index (χ0n) is 17.0. The molecule has 13 heteroatoms. The lowest BCUT2D eigenvalue weighted by atomic mass is 10.3. The van der Waals surface area contributed by atoms with Gasteiger partial charge in [-0.3, -0.25) is 14.6 Å². The average molecular weight is 453 g/mol. The highest BCUT2D eigenvalue weighted by Gasteiger charge is 2.35. The summed E-state index contributed by atoms with van der Waals surface area (Å²) < 4.78 is 69.4. The zero-order chi connectivity index (χ0) is 22.1. The summed E-state index contributed by atoms with van der Waals surface area (Å²) in [6.45, 7) is 4.45. The summed E-state index contributed by atoms with van der Waals surface area (Å²) in [5.41, 5.74) is 0.302. The number of aromatic nitrogens is 1. The normalized spacial score (nSPS) is 20.6. The molecular weight excluding hydrogens is 427 g/mol. The van der Waals surface area contributed by atoms with Crippen molar-refractivity contribution in [2.45, 2.75) is 24.9 Å². The number of hydrogen-bond acceptors (Lipinski definition) is 7. The van der Waals surface area contributed by atoms with Gasteiger partial charge in [-0.1, -0.05) is 5.16 Å². The molecule has 2 saturated heterocycles. The van der Waals surface area contributed by atoms with E-state index in [9.17, 15) is 26.4 Å².